The smallest absolute Gasteiger partial charge is 0.258 e. The van der Waals surface area contributed by atoms with Gasteiger partial charge in [0.05, 0.1) is 22.6 Å². The fraction of sp³-hybridized carbons (Fsp3) is 0.333. The minimum Gasteiger partial charge on any atom is -0.486 e. The number of likely N-dealkylation sites (tertiary alicyclic amines) is 1. The number of carbonyl (C=O) groups excluding carboxylic acids is 2. The lowest BCUT2D eigenvalue weighted by Crippen LogP contribution is -2.52. The minimum atomic E-state index is -0.654. The summed E-state index contributed by atoms with van der Waals surface area (Å²) in [5.41, 5.74) is 0.550. The van der Waals surface area contributed by atoms with Gasteiger partial charge in [0.1, 0.15) is 17.2 Å². The fourth-order valence-electron chi connectivity index (χ4n) is 3.97. The molecular weight excluding hydrogens is 404 g/mol. The van der Waals surface area contributed by atoms with Gasteiger partial charge < -0.3 is 9.64 Å². The first-order valence-corrected chi connectivity index (χ1v) is 9.81. The minimum absolute atomic E-state index is 0.0104. The highest BCUT2D eigenvalue weighted by molar-refractivity contribution is 6.33. The highest BCUT2D eigenvalue weighted by Gasteiger charge is 2.44. The number of rotatable bonds is 1. The average Bonchev–Trinajstić information content (AvgIpc) is 2.63. The Bertz CT molecular complexity index is 964. The van der Waals surface area contributed by atoms with Gasteiger partial charge in [0.15, 0.2) is 5.78 Å². The lowest BCUT2D eigenvalue weighted by atomic mass is 9.82. The van der Waals surface area contributed by atoms with Crippen LogP contribution in [0.25, 0.3) is 0 Å². The van der Waals surface area contributed by atoms with E-state index in [4.69, 9.17) is 27.9 Å². The van der Waals surface area contributed by atoms with Crippen LogP contribution in [0.2, 0.25) is 10.0 Å². The van der Waals surface area contributed by atoms with Gasteiger partial charge in [0.25, 0.3) is 5.91 Å². The third kappa shape index (κ3) is 3.27. The van der Waals surface area contributed by atoms with Crippen molar-refractivity contribution < 1.29 is 18.7 Å². The van der Waals surface area contributed by atoms with Crippen LogP contribution in [-0.2, 0) is 0 Å². The van der Waals surface area contributed by atoms with Crippen molar-refractivity contribution in [1.82, 2.24) is 4.90 Å². The third-order valence-electron chi connectivity index (χ3n) is 5.48. The number of hydrogen-bond acceptors (Lipinski definition) is 3. The Morgan fingerprint density at radius 2 is 1.93 bits per heavy atom. The number of piperidine rings is 1. The predicted octanol–water partition coefficient (Wildman–Crippen LogP) is 5.08. The Balaban J connectivity index is 1.54. The molecule has 1 amide bonds. The van der Waals surface area contributed by atoms with Crippen LogP contribution in [0.5, 0.6) is 5.75 Å². The molecule has 146 valence electrons. The molecule has 0 aromatic heterocycles. The SMILES string of the molecule is Cc1cc(Cl)cc2c1OC1(CCN(C(=O)c3c(F)cccc3Cl)CC1)CC2=O. The molecule has 1 spiro atoms. The Morgan fingerprint density at radius 3 is 2.61 bits per heavy atom. The maximum Gasteiger partial charge on any atom is 0.258 e. The monoisotopic (exact) mass is 421 g/mol. The van der Waals surface area contributed by atoms with Crippen LogP contribution < -0.4 is 4.74 Å². The van der Waals surface area contributed by atoms with Gasteiger partial charge in [0, 0.05) is 31.0 Å². The lowest BCUT2D eigenvalue weighted by Gasteiger charge is -2.44. The van der Waals surface area contributed by atoms with Crippen molar-refractivity contribution in [2.24, 2.45) is 0 Å². The van der Waals surface area contributed by atoms with Crippen molar-refractivity contribution in [1.29, 1.82) is 0 Å². The van der Waals surface area contributed by atoms with Crippen LogP contribution in [0.1, 0.15) is 45.5 Å². The summed E-state index contributed by atoms with van der Waals surface area (Å²) in [6, 6.07) is 7.59. The van der Waals surface area contributed by atoms with Gasteiger partial charge in [0.2, 0.25) is 0 Å². The summed E-state index contributed by atoms with van der Waals surface area (Å²) in [7, 11) is 0. The van der Waals surface area contributed by atoms with Crippen LogP contribution >= 0.6 is 23.2 Å². The second-order valence-corrected chi connectivity index (χ2v) is 8.22. The van der Waals surface area contributed by atoms with Gasteiger partial charge in [-0.05, 0) is 36.8 Å². The highest BCUT2D eigenvalue weighted by Crippen LogP contribution is 2.42. The van der Waals surface area contributed by atoms with Crippen molar-refractivity contribution in [3.8, 4) is 5.75 Å². The van der Waals surface area contributed by atoms with E-state index in [1.165, 1.54) is 18.2 Å². The van der Waals surface area contributed by atoms with Gasteiger partial charge in [-0.2, -0.15) is 0 Å². The van der Waals surface area contributed by atoms with Gasteiger partial charge in [-0.3, -0.25) is 9.59 Å². The van der Waals surface area contributed by atoms with E-state index in [0.29, 0.717) is 42.3 Å². The topological polar surface area (TPSA) is 46.6 Å². The maximum absolute atomic E-state index is 14.1. The third-order valence-corrected chi connectivity index (χ3v) is 6.01. The molecule has 0 radical (unpaired) electrons. The van der Waals surface area contributed by atoms with E-state index in [9.17, 15) is 14.0 Å². The number of Topliss-reactive ketones (excluding diaryl/α,β-unsaturated/α-hetero) is 1. The van der Waals surface area contributed by atoms with E-state index in [0.717, 1.165) is 5.56 Å². The summed E-state index contributed by atoms with van der Waals surface area (Å²) < 4.78 is 20.4. The van der Waals surface area contributed by atoms with Gasteiger partial charge in [-0.15, -0.1) is 0 Å². The lowest BCUT2D eigenvalue weighted by molar-refractivity contribution is -0.00625. The van der Waals surface area contributed by atoms with E-state index in [1.807, 2.05) is 6.92 Å². The van der Waals surface area contributed by atoms with Crippen molar-refractivity contribution >= 4 is 34.9 Å². The van der Waals surface area contributed by atoms with E-state index >= 15 is 0 Å². The summed E-state index contributed by atoms with van der Waals surface area (Å²) in [4.78, 5) is 27.0. The van der Waals surface area contributed by atoms with E-state index < -0.39 is 17.3 Å². The molecule has 2 aliphatic rings. The molecule has 0 atom stereocenters. The predicted molar refractivity (Wildman–Crippen MR) is 105 cm³/mol. The highest BCUT2D eigenvalue weighted by atomic mass is 35.5. The summed E-state index contributed by atoms with van der Waals surface area (Å²) >= 11 is 12.1. The maximum atomic E-state index is 14.1. The molecule has 28 heavy (non-hydrogen) atoms. The molecule has 2 aromatic rings. The molecule has 2 aromatic carbocycles. The molecule has 4 rings (SSSR count). The molecule has 1 saturated heterocycles. The molecule has 2 aliphatic heterocycles. The van der Waals surface area contributed by atoms with Gasteiger partial charge in [-0.1, -0.05) is 29.3 Å². The number of fused-ring (bicyclic) bond motifs is 1. The van der Waals surface area contributed by atoms with Crippen molar-refractivity contribution in [2.45, 2.75) is 31.8 Å². The Kier molecular flexibility index (Phi) is 4.84. The molecule has 0 bridgehead atoms. The van der Waals surface area contributed by atoms with Gasteiger partial charge >= 0.3 is 0 Å². The molecule has 0 aliphatic carbocycles. The first kappa shape index (κ1) is 19.2. The number of carbonyl (C=O) groups is 2. The van der Waals surface area contributed by atoms with E-state index in [-0.39, 0.29) is 22.8 Å². The van der Waals surface area contributed by atoms with Crippen LogP contribution in [0, 0.1) is 12.7 Å². The number of ketones is 1. The molecule has 4 nitrogen and oxygen atoms in total. The number of hydrogen-bond donors (Lipinski definition) is 0. The van der Waals surface area contributed by atoms with Gasteiger partial charge in [-0.25, -0.2) is 4.39 Å². The van der Waals surface area contributed by atoms with Crippen molar-refractivity contribution in [3.05, 3.63) is 62.9 Å². The summed E-state index contributed by atoms with van der Waals surface area (Å²) in [5.74, 6) is -0.520. The zero-order valence-corrected chi connectivity index (χ0v) is 16.7. The molecule has 1 fully saturated rings. The Morgan fingerprint density at radius 1 is 1.21 bits per heavy atom. The fourth-order valence-corrected chi connectivity index (χ4v) is 4.49. The second kappa shape index (κ2) is 7.05. The molecule has 2 heterocycles. The Labute approximate surface area is 172 Å². The Hall–Kier alpha value is -2.11. The number of aryl methyl sites for hydroxylation is 1. The molecule has 0 unspecified atom stereocenters. The van der Waals surface area contributed by atoms with Crippen molar-refractivity contribution in [3.63, 3.8) is 0 Å². The molecule has 0 saturated carbocycles. The van der Waals surface area contributed by atoms with E-state index in [1.54, 1.807) is 17.0 Å². The number of halogens is 3. The molecule has 0 N–H and O–H groups in total. The number of nitrogens with zero attached hydrogens (tertiary/aromatic N) is 1. The average molecular weight is 422 g/mol. The van der Waals surface area contributed by atoms with Crippen molar-refractivity contribution in [2.75, 3.05) is 13.1 Å². The van der Waals surface area contributed by atoms with E-state index in [2.05, 4.69) is 0 Å². The summed E-state index contributed by atoms with van der Waals surface area (Å²) in [6.45, 7) is 2.58. The number of benzene rings is 2. The number of ether oxygens (including phenoxy) is 1. The quantitative estimate of drug-likeness (QED) is 0.644. The number of amides is 1. The first-order chi connectivity index (χ1) is 13.3. The first-order valence-electron chi connectivity index (χ1n) is 9.05. The second-order valence-electron chi connectivity index (χ2n) is 7.37. The molecule has 7 heteroatoms. The van der Waals surface area contributed by atoms with Crippen LogP contribution in [0.15, 0.2) is 30.3 Å². The zero-order chi connectivity index (χ0) is 20.1. The van der Waals surface area contributed by atoms with Crippen LogP contribution in [0.4, 0.5) is 4.39 Å². The largest absolute Gasteiger partial charge is 0.486 e. The summed E-state index contributed by atoms with van der Waals surface area (Å²) in [5, 5.41) is 0.599. The molecular formula is C21H18Cl2FNO3. The van der Waals surface area contributed by atoms with Crippen LogP contribution in [0.3, 0.4) is 0 Å². The zero-order valence-electron chi connectivity index (χ0n) is 15.2. The standard InChI is InChI=1S/C21H18Cl2FNO3/c1-12-9-13(22)10-14-17(26)11-21(28-19(12)14)5-7-25(8-6-21)20(27)18-15(23)3-2-4-16(18)24/h2-4,9-10H,5-8,11H2,1H3. The normalized spacial score (nSPS) is 18.0. The summed E-state index contributed by atoms with van der Waals surface area (Å²) in [6.07, 6.45) is 1.21. The van der Waals surface area contributed by atoms with Crippen LogP contribution in [-0.4, -0.2) is 35.3 Å².